The number of nitrogens with one attached hydrogen (secondary N) is 2. The van der Waals surface area contributed by atoms with E-state index in [4.69, 9.17) is 5.11 Å². The van der Waals surface area contributed by atoms with E-state index in [1.54, 1.807) is 42.5 Å². The molecule has 7 nitrogen and oxygen atoms in total. The van der Waals surface area contributed by atoms with Crippen LogP contribution in [-0.2, 0) is 10.0 Å². The van der Waals surface area contributed by atoms with Crippen LogP contribution >= 0.6 is 11.3 Å². The van der Waals surface area contributed by atoms with Crippen LogP contribution in [0.5, 0.6) is 0 Å². The van der Waals surface area contributed by atoms with Gasteiger partial charge in [-0.05, 0) is 30.3 Å². The molecular weight excluding hydrogens is 388 g/mol. The Kier molecular flexibility index (Phi) is 5.24. The van der Waals surface area contributed by atoms with Gasteiger partial charge in [0.05, 0.1) is 21.0 Å². The number of sulfonamides is 1. The molecule has 0 atom stereocenters. The second-order valence-corrected chi connectivity index (χ2v) is 8.02. The fourth-order valence-corrected chi connectivity index (χ4v) is 4.49. The molecule has 27 heavy (non-hydrogen) atoms. The Labute approximate surface area is 159 Å². The van der Waals surface area contributed by atoms with Crippen LogP contribution in [0.3, 0.4) is 0 Å². The van der Waals surface area contributed by atoms with E-state index < -0.39 is 21.9 Å². The number of hydrogen-bond donors (Lipinski definition) is 3. The van der Waals surface area contributed by atoms with Crippen molar-refractivity contribution >= 4 is 44.6 Å². The predicted octanol–water partition coefficient (Wildman–Crippen LogP) is 3.50. The highest BCUT2D eigenvalue weighted by atomic mass is 32.2. The molecule has 0 bridgehead atoms. The summed E-state index contributed by atoms with van der Waals surface area (Å²) in [4.78, 5) is 23.7. The molecule has 0 radical (unpaired) electrons. The summed E-state index contributed by atoms with van der Waals surface area (Å²) in [5.74, 6) is -1.76. The number of anilines is 2. The summed E-state index contributed by atoms with van der Waals surface area (Å²) in [6.07, 6.45) is 0. The molecule has 1 amide bonds. The SMILES string of the molecule is O=C(Nc1ccccc1C(=O)O)c1cc(S(=O)(=O)Nc2ccccc2)cs1. The van der Waals surface area contributed by atoms with E-state index in [0.717, 1.165) is 11.3 Å². The Balaban J connectivity index is 1.79. The van der Waals surface area contributed by atoms with E-state index in [0.29, 0.717) is 5.69 Å². The molecule has 0 saturated carbocycles. The molecule has 1 aromatic heterocycles. The third-order valence-electron chi connectivity index (χ3n) is 3.54. The number of amides is 1. The maximum Gasteiger partial charge on any atom is 0.337 e. The van der Waals surface area contributed by atoms with Gasteiger partial charge in [0, 0.05) is 11.1 Å². The van der Waals surface area contributed by atoms with Crippen LogP contribution in [0.1, 0.15) is 20.0 Å². The fourth-order valence-electron chi connectivity index (χ4n) is 2.26. The highest BCUT2D eigenvalue weighted by Gasteiger charge is 2.20. The Hall–Kier alpha value is -3.17. The van der Waals surface area contributed by atoms with Gasteiger partial charge in [0.25, 0.3) is 15.9 Å². The number of hydrogen-bond acceptors (Lipinski definition) is 5. The van der Waals surface area contributed by atoms with Gasteiger partial charge < -0.3 is 10.4 Å². The van der Waals surface area contributed by atoms with Gasteiger partial charge in [-0.3, -0.25) is 9.52 Å². The minimum Gasteiger partial charge on any atom is -0.478 e. The molecule has 0 saturated heterocycles. The fraction of sp³-hybridized carbons (Fsp3) is 0. The average molecular weight is 402 g/mol. The average Bonchev–Trinajstić information content (AvgIpc) is 3.14. The highest BCUT2D eigenvalue weighted by Crippen LogP contribution is 2.24. The van der Waals surface area contributed by atoms with Crippen molar-refractivity contribution in [1.82, 2.24) is 0 Å². The van der Waals surface area contributed by atoms with E-state index >= 15 is 0 Å². The minimum atomic E-state index is -3.83. The number of carboxylic acids is 1. The van der Waals surface area contributed by atoms with Crippen molar-refractivity contribution < 1.29 is 23.1 Å². The minimum absolute atomic E-state index is 0.0481. The monoisotopic (exact) mass is 402 g/mol. The smallest absolute Gasteiger partial charge is 0.337 e. The van der Waals surface area contributed by atoms with E-state index in [-0.39, 0.29) is 21.0 Å². The number of rotatable bonds is 6. The first kappa shape index (κ1) is 18.6. The zero-order valence-electron chi connectivity index (χ0n) is 13.7. The molecule has 3 aromatic rings. The third kappa shape index (κ3) is 4.33. The molecule has 0 spiro atoms. The predicted molar refractivity (Wildman–Crippen MR) is 103 cm³/mol. The molecule has 2 aromatic carbocycles. The summed E-state index contributed by atoms with van der Waals surface area (Å²) < 4.78 is 27.3. The van der Waals surface area contributed by atoms with Crippen molar-refractivity contribution in [2.75, 3.05) is 10.0 Å². The number of carboxylic acid groups (broad SMARTS) is 1. The maximum absolute atomic E-state index is 12.4. The van der Waals surface area contributed by atoms with E-state index in [1.807, 2.05) is 0 Å². The van der Waals surface area contributed by atoms with Gasteiger partial charge in [0.2, 0.25) is 0 Å². The van der Waals surface area contributed by atoms with Gasteiger partial charge in [-0.1, -0.05) is 30.3 Å². The second-order valence-electron chi connectivity index (χ2n) is 5.42. The number of thiophene rings is 1. The van der Waals surface area contributed by atoms with Gasteiger partial charge in [-0.25, -0.2) is 13.2 Å². The van der Waals surface area contributed by atoms with Gasteiger partial charge in [0.1, 0.15) is 0 Å². The molecule has 0 aliphatic heterocycles. The van der Waals surface area contributed by atoms with Gasteiger partial charge in [-0.15, -0.1) is 11.3 Å². The maximum atomic E-state index is 12.4. The van der Waals surface area contributed by atoms with Gasteiger partial charge in [0.15, 0.2) is 0 Å². The molecular formula is C18H14N2O5S2. The van der Waals surface area contributed by atoms with Gasteiger partial charge in [-0.2, -0.15) is 0 Å². The Bertz CT molecular complexity index is 1090. The largest absolute Gasteiger partial charge is 0.478 e. The lowest BCUT2D eigenvalue weighted by molar-refractivity contribution is 0.0698. The molecule has 3 N–H and O–H groups in total. The van der Waals surface area contributed by atoms with Crippen molar-refractivity contribution in [2.24, 2.45) is 0 Å². The van der Waals surface area contributed by atoms with Crippen LogP contribution in [0.4, 0.5) is 11.4 Å². The van der Waals surface area contributed by atoms with Crippen LogP contribution in [0.15, 0.2) is 70.9 Å². The lowest BCUT2D eigenvalue weighted by atomic mass is 10.2. The van der Waals surface area contributed by atoms with Crippen molar-refractivity contribution in [1.29, 1.82) is 0 Å². The molecule has 3 rings (SSSR count). The number of carbonyl (C=O) groups is 2. The summed E-state index contributed by atoms with van der Waals surface area (Å²) in [6.45, 7) is 0. The quantitative estimate of drug-likeness (QED) is 0.584. The number of benzene rings is 2. The van der Waals surface area contributed by atoms with E-state index in [2.05, 4.69) is 10.0 Å². The third-order valence-corrected chi connectivity index (χ3v) is 5.98. The molecule has 0 unspecified atom stereocenters. The van der Waals surface area contributed by atoms with Crippen LogP contribution in [0, 0.1) is 0 Å². The first-order valence-corrected chi connectivity index (χ1v) is 10.0. The van der Waals surface area contributed by atoms with Crippen LogP contribution < -0.4 is 10.0 Å². The van der Waals surface area contributed by atoms with E-state index in [1.165, 1.54) is 23.6 Å². The lowest BCUT2D eigenvalue weighted by Crippen LogP contribution is -2.14. The lowest BCUT2D eigenvalue weighted by Gasteiger charge is -2.07. The zero-order valence-corrected chi connectivity index (χ0v) is 15.4. The first-order valence-electron chi connectivity index (χ1n) is 7.67. The van der Waals surface area contributed by atoms with Crippen LogP contribution in [-0.4, -0.2) is 25.4 Å². The van der Waals surface area contributed by atoms with Crippen molar-refractivity contribution in [3.8, 4) is 0 Å². The van der Waals surface area contributed by atoms with Crippen molar-refractivity contribution in [2.45, 2.75) is 4.90 Å². The molecule has 1 heterocycles. The zero-order chi connectivity index (χ0) is 19.4. The van der Waals surface area contributed by atoms with Crippen molar-refractivity contribution in [3.05, 3.63) is 76.5 Å². The van der Waals surface area contributed by atoms with Crippen molar-refractivity contribution in [3.63, 3.8) is 0 Å². The number of aromatic carboxylic acids is 1. The summed E-state index contributed by atoms with van der Waals surface area (Å²) in [5, 5.41) is 13.0. The first-order chi connectivity index (χ1) is 12.9. The highest BCUT2D eigenvalue weighted by molar-refractivity contribution is 7.92. The standard InChI is InChI=1S/C18H14N2O5S2/c21-17(19-15-9-5-4-8-14(15)18(22)23)16-10-13(11-26-16)27(24,25)20-12-6-2-1-3-7-12/h1-11,20H,(H,19,21)(H,22,23). The topological polar surface area (TPSA) is 113 Å². The molecule has 0 aliphatic carbocycles. The number of carbonyl (C=O) groups excluding carboxylic acids is 1. The Morgan fingerprint density at radius 1 is 0.963 bits per heavy atom. The summed E-state index contributed by atoms with van der Waals surface area (Å²) in [7, 11) is -3.83. The molecule has 9 heteroatoms. The molecule has 0 fully saturated rings. The normalized spacial score (nSPS) is 11.0. The number of para-hydroxylation sites is 2. The Morgan fingerprint density at radius 2 is 1.63 bits per heavy atom. The summed E-state index contributed by atoms with van der Waals surface area (Å²) in [6, 6.07) is 15.6. The summed E-state index contributed by atoms with van der Waals surface area (Å²) >= 11 is 0.950. The van der Waals surface area contributed by atoms with Gasteiger partial charge >= 0.3 is 5.97 Å². The summed E-state index contributed by atoms with van der Waals surface area (Å²) in [5.41, 5.74) is 0.487. The second kappa shape index (κ2) is 7.60. The molecule has 0 aliphatic rings. The van der Waals surface area contributed by atoms with Crippen LogP contribution in [0.25, 0.3) is 0 Å². The van der Waals surface area contributed by atoms with E-state index in [9.17, 15) is 18.0 Å². The van der Waals surface area contributed by atoms with Crippen LogP contribution in [0.2, 0.25) is 0 Å². The molecule has 138 valence electrons. The Morgan fingerprint density at radius 3 is 2.33 bits per heavy atom.